The summed E-state index contributed by atoms with van der Waals surface area (Å²) < 4.78 is 13.3. The molecule has 3 nitrogen and oxygen atoms in total. The van der Waals surface area contributed by atoms with Crippen LogP contribution in [0.4, 0.5) is 14.9 Å². The molecule has 104 valence electrons. The van der Waals surface area contributed by atoms with Crippen LogP contribution < -0.4 is 10.6 Å². The maximum atomic E-state index is 13.3. The highest BCUT2D eigenvalue weighted by Gasteiger charge is 2.06. The van der Waals surface area contributed by atoms with Gasteiger partial charge in [-0.1, -0.05) is 41.4 Å². The van der Waals surface area contributed by atoms with Gasteiger partial charge >= 0.3 is 6.03 Å². The molecule has 0 saturated carbocycles. The lowest BCUT2D eigenvalue weighted by Crippen LogP contribution is -2.28. The monoisotopic (exact) mass is 312 g/mol. The van der Waals surface area contributed by atoms with Gasteiger partial charge in [0.2, 0.25) is 0 Å². The third-order valence-electron chi connectivity index (χ3n) is 2.56. The van der Waals surface area contributed by atoms with Gasteiger partial charge in [0.1, 0.15) is 5.82 Å². The largest absolute Gasteiger partial charge is 0.334 e. The Hall–Kier alpha value is -1.78. The van der Waals surface area contributed by atoms with E-state index in [1.807, 2.05) is 0 Å². The second-order valence-corrected chi connectivity index (χ2v) is 4.85. The number of para-hydroxylation sites is 1. The summed E-state index contributed by atoms with van der Waals surface area (Å²) in [6, 6.07) is 10.5. The van der Waals surface area contributed by atoms with Crippen LogP contribution in [0.1, 0.15) is 5.56 Å². The Balaban J connectivity index is 1.92. The molecule has 0 fully saturated rings. The lowest BCUT2D eigenvalue weighted by atomic mass is 10.2. The molecule has 0 atom stereocenters. The Morgan fingerprint density at radius 3 is 2.55 bits per heavy atom. The number of benzene rings is 2. The highest BCUT2D eigenvalue weighted by molar-refractivity contribution is 6.42. The minimum Gasteiger partial charge on any atom is -0.334 e. The molecule has 0 spiro atoms. The van der Waals surface area contributed by atoms with Crippen LogP contribution in [0.2, 0.25) is 10.0 Å². The first-order valence-corrected chi connectivity index (χ1v) is 6.55. The van der Waals surface area contributed by atoms with E-state index in [0.717, 1.165) is 5.56 Å². The summed E-state index contributed by atoms with van der Waals surface area (Å²) in [5.41, 5.74) is 0.919. The molecule has 0 unspecified atom stereocenters. The number of amides is 2. The van der Waals surface area contributed by atoms with Gasteiger partial charge in [-0.25, -0.2) is 9.18 Å². The Kier molecular flexibility index (Phi) is 4.82. The molecule has 0 bridgehead atoms. The van der Waals surface area contributed by atoms with Gasteiger partial charge in [0.05, 0.1) is 15.7 Å². The molecule has 2 N–H and O–H groups in total. The van der Waals surface area contributed by atoms with Gasteiger partial charge in [0.25, 0.3) is 0 Å². The van der Waals surface area contributed by atoms with Crippen molar-refractivity contribution in [2.75, 3.05) is 5.32 Å². The molecular formula is C14H11Cl2FN2O. The van der Waals surface area contributed by atoms with Gasteiger partial charge < -0.3 is 10.6 Å². The number of hydrogen-bond donors (Lipinski definition) is 2. The van der Waals surface area contributed by atoms with Crippen molar-refractivity contribution < 1.29 is 9.18 Å². The zero-order valence-electron chi connectivity index (χ0n) is 10.3. The van der Waals surface area contributed by atoms with E-state index in [9.17, 15) is 9.18 Å². The minimum atomic E-state index is -0.499. The van der Waals surface area contributed by atoms with Crippen LogP contribution in [0.5, 0.6) is 0 Å². The van der Waals surface area contributed by atoms with Gasteiger partial charge in [0, 0.05) is 6.54 Å². The number of anilines is 1. The average Bonchev–Trinajstić information content (AvgIpc) is 2.43. The first-order valence-electron chi connectivity index (χ1n) is 5.79. The van der Waals surface area contributed by atoms with Crippen molar-refractivity contribution in [2.45, 2.75) is 6.54 Å². The molecule has 2 aromatic carbocycles. The number of urea groups is 1. The van der Waals surface area contributed by atoms with E-state index in [0.29, 0.717) is 10.0 Å². The molecule has 2 rings (SSSR count). The standard InChI is InChI=1S/C14H11Cl2FN2O/c15-10-6-5-9(7-11(10)16)8-18-14(20)19-13-4-2-1-3-12(13)17/h1-7H,8H2,(H2,18,19,20). The quantitative estimate of drug-likeness (QED) is 0.863. The number of halogens is 3. The first kappa shape index (κ1) is 14.6. The maximum Gasteiger partial charge on any atom is 0.319 e. The average molecular weight is 313 g/mol. The topological polar surface area (TPSA) is 41.1 Å². The van der Waals surface area contributed by atoms with Gasteiger partial charge in [0.15, 0.2) is 0 Å². The number of carbonyl (C=O) groups excluding carboxylic acids is 1. The molecule has 0 aromatic heterocycles. The van der Waals surface area contributed by atoms with Gasteiger partial charge in [-0.2, -0.15) is 0 Å². The second-order valence-electron chi connectivity index (χ2n) is 4.04. The minimum absolute atomic E-state index is 0.124. The second kappa shape index (κ2) is 6.59. The smallest absolute Gasteiger partial charge is 0.319 e. The molecule has 20 heavy (non-hydrogen) atoms. The molecule has 2 amide bonds. The normalized spacial score (nSPS) is 10.2. The third-order valence-corrected chi connectivity index (χ3v) is 3.30. The molecule has 0 heterocycles. The zero-order chi connectivity index (χ0) is 14.5. The number of carbonyl (C=O) groups is 1. The van der Waals surface area contributed by atoms with Gasteiger partial charge in [-0.3, -0.25) is 0 Å². The van der Waals surface area contributed by atoms with E-state index in [1.54, 1.807) is 30.3 Å². The highest BCUT2D eigenvalue weighted by atomic mass is 35.5. The van der Waals surface area contributed by atoms with Crippen molar-refractivity contribution in [3.63, 3.8) is 0 Å². The van der Waals surface area contributed by atoms with Crippen LogP contribution in [0, 0.1) is 5.82 Å². The third kappa shape index (κ3) is 3.85. The van der Waals surface area contributed by atoms with Crippen molar-refractivity contribution in [1.29, 1.82) is 0 Å². The zero-order valence-corrected chi connectivity index (χ0v) is 11.8. The SMILES string of the molecule is O=C(NCc1ccc(Cl)c(Cl)c1)Nc1ccccc1F. The van der Waals surface area contributed by atoms with Crippen molar-refractivity contribution in [2.24, 2.45) is 0 Å². The molecule has 0 aliphatic carbocycles. The van der Waals surface area contributed by atoms with Crippen LogP contribution in [0.15, 0.2) is 42.5 Å². The van der Waals surface area contributed by atoms with Gasteiger partial charge in [-0.15, -0.1) is 0 Å². The lowest BCUT2D eigenvalue weighted by molar-refractivity contribution is 0.251. The molecular weight excluding hydrogens is 302 g/mol. The summed E-state index contributed by atoms with van der Waals surface area (Å²) in [5.74, 6) is -0.489. The summed E-state index contributed by atoms with van der Waals surface area (Å²) in [4.78, 5) is 11.6. The van der Waals surface area contributed by atoms with E-state index in [4.69, 9.17) is 23.2 Å². The van der Waals surface area contributed by atoms with Crippen molar-refractivity contribution in [3.8, 4) is 0 Å². The van der Waals surface area contributed by atoms with Crippen LogP contribution in [-0.4, -0.2) is 6.03 Å². The van der Waals surface area contributed by atoms with Crippen LogP contribution in [0.25, 0.3) is 0 Å². The Bertz CT molecular complexity index is 634. The fourth-order valence-electron chi connectivity index (χ4n) is 1.56. The summed E-state index contributed by atoms with van der Waals surface area (Å²) in [6.45, 7) is 0.261. The van der Waals surface area contributed by atoms with E-state index in [1.165, 1.54) is 12.1 Å². The Morgan fingerprint density at radius 1 is 1.10 bits per heavy atom. The Morgan fingerprint density at radius 2 is 1.85 bits per heavy atom. The van der Waals surface area contributed by atoms with Gasteiger partial charge in [-0.05, 0) is 29.8 Å². The molecule has 0 aliphatic rings. The molecule has 0 aliphatic heterocycles. The fourth-order valence-corrected chi connectivity index (χ4v) is 1.88. The summed E-state index contributed by atoms with van der Waals surface area (Å²) in [7, 11) is 0. The maximum absolute atomic E-state index is 13.3. The van der Waals surface area contributed by atoms with Crippen LogP contribution in [0.3, 0.4) is 0 Å². The lowest BCUT2D eigenvalue weighted by Gasteiger charge is -2.09. The fraction of sp³-hybridized carbons (Fsp3) is 0.0714. The summed E-state index contributed by atoms with van der Waals surface area (Å²) in [6.07, 6.45) is 0. The number of rotatable bonds is 3. The van der Waals surface area contributed by atoms with Crippen molar-refractivity contribution in [3.05, 3.63) is 63.9 Å². The highest BCUT2D eigenvalue weighted by Crippen LogP contribution is 2.22. The van der Waals surface area contributed by atoms with Crippen molar-refractivity contribution >= 4 is 34.9 Å². The predicted octanol–water partition coefficient (Wildman–Crippen LogP) is 4.45. The van der Waals surface area contributed by atoms with E-state index in [2.05, 4.69) is 10.6 Å². The summed E-state index contributed by atoms with van der Waals surface area (Å²) >= 11 is 11.7. The van der Waals surface area contributed by atoms with E-state index < -0.39 is 11.8 Å². The van der Waals surface area contributed by atoms with E-state index in [-0.39, 0.29) is 12.2 Å². The van der Waals surface area contributed by atoms with E-state index >= 15 is 0 Å². The molecule has 0 radical (unpaired) electrons. The predicted molar refractivity (Wildman–Crippen MR) is 78.7 cm³/mol. The summed E-state index contributed by atoms with van der Waals surface area (Å²) in [5, 5.41) is 5.89. The molecule has 2 aromatic rings. The molecule has 0 saturated heterocycles. The Labute approximate surface area is 125 Å². The first-order chi connectivity index (χ1) is 9.56. The van der Waals surface area contributed by atoms with Crippen LogP contribution >= 0.6 is 23.2 Å². The molecule has 6 heteroatoms. The van der Waals surface area contributed by atoms with Crippen molar-refractivity contribution in [1.82, 2.24) is 5.32 Å². The van der Waals surface area contributed by atoms with Crippen LogP contribution in [-0.2, 0) is 6.54 Å². The number of hydrogen-bond acceptors (Lipinski definition) is 1. The number of nitrogens with one attached hydrogen (secondary N) is 2.